The van der Waals surface area contributed by atoms with Crippen molar-refractivity contribution >= 4 is 23.4 Å². The Morgan fingerprint density at radius 1 is 1.36 bits per heavy atom. The van der Waals surface area contributed by atoms with E-state index in [1.165, 1.54) is 24.7 Å². The van der Waals surface area contributed by atoms with Crippen LogP contribution in [0.15, 0.2) is 29.2 Å². The first-order valence-corrected chi connectivity index (χ1v) is 5.66. The van der Waals surface area contributed by atoms with E-state index in [9.17, 15) is 4.79 Å². The zero-order valence-corrected chi connectivity index (χ0v) is 8.93. The lowest BCUT2D eigenvalue weighted by atomic mass is 10.3. The molecule has 1 saturated carbocycles. The molecule has 0 unspecified atom stereocenters. The molecule has 0 atom stereocenters. The lowest BCUT2D eigenvalue weighted by molar-refractivity contribution is -0.114. The van der Waals surface area contributed by atoms with Crippen LogP contribution in [0.25, 0.3) is 0 Å². The zero-order valence-electron chi connectivity index (χ0n) is 8.12. The van der Waals surface area contributed by atoms with Crippen molar-refractivity contribution in [3.8, 4) is 0 Å². The van der Waals surface area contributed by atoms with Crippen molar-refractivity contribution in [1.29, 1.82) is 0 Å². The zero-order chi connectivity index (χ0) is 9.97. The van der Waals surface area contributed by atoms with Crippen LogP contribution in [-0.4, -0.2) is 11.2 Å². The topological polar surface area (TPSA) is 29.1 Å². The highest BCUT2D eigenvalue weighted by Crippen LogP contribution is 2.39. The van der Waals surface area contributed by atoms with Crippen LogP contribution in [-0.2, 0) is 4.79 Å². The predicted octanol–water partition coefficient (Wildman–Crippen LogP) is 2.90. The monoisotopic (exact) mass is 207 g/mol. The maximum absolute atomic E-state index is 10.8. The second kappa shape index (κ2) is 4.05. The largest absolute Gasteiger partial charge is 0.326 e. The van der Waals surface area contributed by atoms with Gasteiger partial charge in [-0.05, 0) is 37.1 Å². The molecule has 14 heavy (non-hydrogen) atoms. The number of hydrogen-bond acceptors (Lipinski definition) is 2. The smallest absolute Gasteiger partial charge is 0.221 e. The van der Waals surface area contributed by atoms with Crippen LogP contribution in [0.3, 0.4) is 0 Å². The Bertz CT molecular complexity index is 330. The molecule has 2 nitrogen and oxygen atoms in total. The molecule has 1 aliphatic carbocycles. The van der Waals surface area contributed by atoms with Crippen LogP contribution in [0.2, 0.25) is 0 Å². The van der Waals surface area contributed by atoms with Crippen molar-refractivity contribution in [3.63, 3.8) is 0 Å². The van der Waals surface area contributed by atoms with Crippen molar-refractivity contribution < 1.29 is 4.79 Å². The first-order chi connectivity index (χ1) is 6.74. The van der Waals surface area contributed by atoms with E-state index in [1.807, 2.05) is 23.9 Å². The Labute approximate surface area is 88.1 Å². The van der Waals surface area contributed by atoms with Gasteiger partial charge in [-0.25, -0.2) is 0 Å². The molecule has 3 heteroatoms. The molecule has 1 amide bonds. The summed E-state index contributed by atoms with van der Waals surface area (Å²) in [4.78, 5) is 12.1. The lowest BCUT2D eigenvalue weighted by Crippen LogP contribution is -2.05. The Morgan fingerprint density at radius 2 is 2.00 bits per heavy atom. The molecule has 1 N–H and O–H groups in total. The number of benzene rings is 1. The maximum Gasteiger partial charge on any atom is 0.221 e. The van der Waals surface area contributed by atoms with Gasteiger partial charge in [0.2, 0.25) is 5.91 Å². The van der Waals surface area contributed by atoms with Crippen molar-refractivity contribution in [2.24, 2.45) is 0 Å². The van der Waals surface area contributed by atoms with Crippen LogP contribution in [0.1, 0.15) is 19.8 Å². The van der Waals surface area contributed by atoms with Crippen LogP contribution >= 0.6 is 11.8 Å². The Hall–Kier alpha value is -0.960. The highest BCUT2D eigenvalue weighted by atomic mass is 32.2. The van der Waals surface area contributed by atoms with Gasteiger partial charge in [-0.2, -0.15) is 0 Å². The number of nitrogens with one attached hydrogen (secondary N) is 1. The molecule has 0 spiro atoms. The van der Waals surface area contributed by atoms with Crippen LogP contribution in [0.5, 0.6) is 0 Å². The van der Waals surface area contributed by atoms with Gasteiger partial charge in [0.1, 0.15) is 0 Å². The quantitative estimate of drug-likeness (QED) is 0.825. The van der Waals surface area contributed by atoms with E-state index in [2.05, 4.69) is 17.4 Å². The number of carbonyl (C=O) groups excluding carboxylic acids is 1. The fourth-order valence-corrected chi connectivity index (χ4v) is 2.25. The number of carbonyl (C=O) groups is 1. The summed E-state index contributed by atoms with van der Waals surface area (Å²) in [5.74, 6) is -0.0207. The van der Waals surface area contributed by atoms with Crippen LogP contribution < -0.4 is 5.32 Å². The average molecular weight is 207 g/mol. The number of hydrogen-bond donors (Lipinski definition) is 1. The van der Waals surface area contributed by atoms with Gasteiger partial charge in [0.15, 0.2) is 0 Å². The standard InChI is InChI=1S/C11H13NOS/c1-8(13)12-9-2-4-10(5-3-9)14-11-6-7-11/h2-5,11H,6-7H2,1H3,(H,12,13). The summed E-state index contributed by atoms with van der Waals surface area (Å²) in [6.45, 7) is 1.52. The Balaban J connectivity index is 1.97. The summed E-state index contributed by atoms with van der Waals surface area (Å²) in [6.07, 6.45) is 2.69. The molecule has 0 aromatic heterocycles. The van der Waals surface area contributed by atoms with Gasteiger partial charge >= 0.3 is 0 Å². The SMILES string of the molecule is CC(=O)Nc1ccc(SC2CC2)cc1. The maximum atomic E-state index is 10.8. The van der Waals surface area contributed by atoms with Gasteiger partial charge in [-0.15, -0.1) is 11.8 Å². The molecule has 1 aliphatic rings. The number of thioether (sulfide) groups is 1. The van der Waals surface area contributed by atoms with Gasteiger partial charge in [0.05, 0.1) is 0 Å². The Morgan fingerprint density at radius 3 is 2.50 bits per heavy atom. The average Bonchev–Trinajstić information content (AvgIpc) is 2.91. The predicted molar refractivity (Wildman–Crippen MR) is 59.6 cm³/mol. The summed E-state index contributed by atoms with van der Waals surface area (Å²) in [7, 11) is 0. The van der Waals surface area contributed by atoms with Crippen molar-refractivity contribution in [1.82, 2.24) is 0 Å². The summed E-state index contributed by atoms with van der Waals surface area (Å²) in [6, 6.07) is 8.03. The van der Waals surface area contributed by atoms with Gasteiger partial charge in [0, 0.05) is 22.8 Å². The van der Waals surface area contributed by atoms with Crippen molar-refractivity contribution in [2.75, 3.05) is 5.32 Å². The van der Waals surface area contributed by atoms with E-state index in [-0.39, 0.29) is 5.91 Å². The van der Waals surface area contributed by atoms with Crippen LogP contribution in [0, 0.1) is 0 Å². The number of amides is 1. The molecule has 0 saturated heterocycles. The van der Waals surface area contributed by atoms with Gasteiger partial charge in [-0.1, -0.05) is 0 Å². The molecule has 1 aromatic carbocycles. The fourth-order valence-electron chi connectivity index (χ4n) is 1.20. The third-order valence-corrected chi connectivity index (χ3v) is 3.35. The molecular weight excluding hydrogens is 194 g/mol. The number of anilines is 1. The minimum atomic E-state index is -0.0207. The molecule has 0 aliphatic heterocycles. The normalized spacial score (nSPS) is 15.2. The second-order valence-corrected chi connectivity index (χ2v) is 4.90. The summed E-state index contributed by atoms with van der Waals surface area (Å²) >= 11 is 1.92. The van der Waals surface area contributed by atoms with E-state index in [4.69, 9.17) is 0 Å². The molecular formula is C11H13NOS. The van der Waals surface area contributed by atoms with Crippen molar-refractivity contribution in [2.45, 2.75) is 29.9 Å². The minimum absolute atomic E-state index is 0.0207. The van der Waals surface area contributed by atoms with Gasteiger partial charge < -0.3 is 5.32 Å². The number of rotatable bonds is 3. The van der Waals surface area contributed by atoms with E-state index in [1.54, 1.807) is 0 Å². The van der Waals surface area contributed by atoms with E-state index < -0.39 is 0 Å². The molecule has 0 radical (unpaired) electrons. The third-order valence-electron chi connectivity index (χ3n) is 2.00. The molecule has 1 aromatic rings. The molecule has 0 heterocycles. The summed E-state index contributed by atoms with van der Waals surface area (Å²) in [5.41, 5.74) is 0.873. The van der Waals surface area contributed by atoms with E-state index in [0.29, 0.717) is 0 Å². The minimum Gasteiger partial charge on any atom is -0.326 e. The van der Waals surface area contributed by atoms with E-state index in [0.717, 1.165) is 10.9 Å². The molecule has 2 rings (SSSR count). The van der Waals surface area contributed by atoms with Gasteiger partial charge in [0.25, 0.3) is 0 Å². The first-order valence-electron chi connectivity index (χ1n) is 4.78. The first kappa shape index (κ1) is 9.59. The molecule has 74 valence electrons. The van der Waals surface area contributed by atoms with Gasteiger partial charge in [-0.3, -0.25) is 4.79 Å². The second-order valence-electron chi connectivity index (χ2n) is 3.52. The fraction of sp³-hybridized carbons (Fsp3) is 0.364. The highest BCUT2D eigenvalue weighted by molar-refractivity contribution is 8.00. The molecule has 0 bridgehead atoms. The lowest BCUT2D eigenvalue weighted by Gasteiger charge is -2.03. The van der Waals surface area contributed by atoms with Crippen LogP contribution in [0.4, 0.5) is 5.69 Å². The highest BCUT2D eigenvalue weighted by Gasteiger charge is 2.22. The summed E-state index contributed by atoms with van der Waals surface area (Å²) < 4.78 is 0. The Kier molecular flexibility index (Phi) is 2.77. The van der Waals surface area contributed by atoms with E-state index >= 15 is 0 Å². The molecule has 1 fully saturated rings. The van der Waals surface area contributed by atoms with Crippen molar-refractivity contribution in [3.05, 3.63) is 24.3 Å². The summed E-state index contributed by atoms with van der Waals surface area (Å²) in [5, 5.41) is 3.59. The third kappa shape index (κ3) is 2.77.